The molecule has 0 unspecified atom stereocenters. The van der Waals surface area contributed by atoms with Crippen LogP contribution in [0, 0.1) is 0 Å². The minimum Gasteiger partial charge on any atom is -0.122 e. The molecule has 0 spiro atoms. The quantitative estimate of drug-likeness (QED) is 0.650. The van der Waals surface area contributed by atoms with Crippen LogP contribution >= 0.6 is 11.6 Å². The van der Waals surface area contributed by atoms with Crippen LogP contribution in [0.5, 0.6) is 0 Å². The predicted molar refractivity (Wildman–Crippen MR) is 68.3 cm³/mol. The van der Waals surface area contributed by atoms with E-state index in [-0.39, 0.29) is 0 Å². The molecule has 0 aliphatic rings. The van der Waals surface area contributed by atoms with Gasteiger partial charge in [0.05, 0.1) is 0 Å². The van der Waals surface area contributed by atoms with E-state index in [9.17, 15) is 0 Å². The molecule has 0 radical (unpaired) electrons. The van der Waals surface area contributed by atoms with E-state index in [1.807, 2.05) is 6.92 Å². The topological polar surface area (TPSA) is 0 Å². The number of hydrogen-bond acceptors (Lipinski definition) is 0. The monoisotopic (exact) mass is 216 g/mol. The van der Waals surface area contributed by atoms with Crippen LogP contribution in [-0.4, -0.2) is 5.88 Å². The van der Waals surface area contributed by atoms with Gasteiger partial charge in [-0.15, -0.1) is 11.6 Å². The third-order valence-corrected chi connectivity index (χ3v) is 2.82. The molecule has 0 amide bonds. The largest absolute Gasteiger partial charge is 0.122 e. The Morgan fingerprint density at radius 2 is 1.87 bits per heavy atom. The van der Waals surface area contributed by atoms with Crippen molar-refractivity contribution in [3.8, 4) is 0 Å². The van der Waals surface area contributed by atoms with E-state index in [2.05, 4.69) is 48.5 Å². The lowest BCUT2D eigenvalue weighted by atomic mass is 10.1. The fraction of sp³-hybridized carbons (Fsp3) is 0.143. The first-order valence-electron chi connectivity index (χ1n) is 5.01. The van der Waals surface area contributed by atoms with Gasteiger partial charge in [0, 0.05) is 5.88 Å². The summed E-state index contributed by atoms with van der Waals surface area (Å²) in [5, 5.41) is 2.55. The van der Waals surface area contributed by atoms with Crippen LogP contribution in [0.3, 0.4) is 0 Å². The van der Waals surface area contributed by atoms with E-state index in [0.29, 0.717) is 5.88 Å². The second-order valence-electron chi connectivity index (χ2n) is 3.73. The van der Waals surface area contributed by atoms with Crippen molar-refractivity contribution in [2.75, 3.05) is 5.88 Å². The van der Waals surface area contributed by atoms with Crippen LogP contribution in [0.1, 0.15) is 12.5 Å². The summed E-state index contributed by atoms with van der Waals surface area (Å²) in [6.07, 6.45) is 2.12. The molecule has 2 aromatic rings. The van der Waals surface area contributed by atoms with E-state index in [1.165, 1.54) is 21.9 Å². The van der Waals surface area contributed by atoms with Crippen molar-refractivity contribution >= 4 is 28.4 Å². The average Bonchev–Trinajstić information content (AvgIpc) is 2.29. The number of rotatable bonds is 2. The summed E-state index contributed by atoms with van der Waals surface area (Å²) in [4.78, 5) is 0. The highest BCUT2D eigenvalue weighted by Crippen LogP contribution is 2.17. The molecular weight excluding hydrogens is 204 g/mol. The summed E-state index contributed by atoms with van der Waals surface area (Å²) in [5.74, 6) is 0.590. The molecule has 0 aromatic heterocycles. The minimum atomic E-state index is 0.590. The van der Waals surface area contributed by atoms with Gasteiger partial charge in [-0.2, -0.15) is 0 Å². The third kappa shape index (κ3) is 2.40. The average molecular weight is 217 g/mol. The van der Waals surface area contributed by atoms with Gasteiger partial charge in [0.25, 0.3) is 0 Å². The molecule has 76 valence electrons. The van der Waals surface area contributed by atoms with Gasteiger partial charge in [0.2, 0.25) is 0 Å². The number of alkyl halides is 1. The van der Waals surface area contributed by atoms with Gasteiger partial charge in [-0.1, -0.05) is 48.0 Å². The van der Waals surface area contributed by atoms with E-state index >= 15 is 0 Å². The summed E-state index contributed by atoms with van der Waals surface area (Å²) in [5.41, 5.74) is 2.40. The van der Waals surface area contributed by atoms with Crippen LogP contribution in [-0.2, 0) is 0 Å². The number of halogens is 1. The Bertz CT molecular complexity index is 497. The number of hydrogen-bond donors (Lipinski definition) is 0. The van der Waals surface area contributed by atoms with Gasteiger partial charge < -0.3 is 0 Å². The lowest BCUT2D eigenvalue weighted by Gasteiger charge is -2.00. The Balaban J connectivity index is 2.47. The van der Waals surface area contributed by atoms with Crippen LogP contribution in [0.15, 0.2) is 48.0 Å². The van der Waals surface area contributed by atoms with Crippen LogP contribution < -0.4 is 0 Å². The highest BCUT2D eigenvalue weighted by Gasteiger charge is 1.94. The molecule has 0 heterocycles. The molecule has 0 nitrogen and oxygen atoms in total. The maximum Gasteiger partial charge on any atom is 0.0434 e. The van der Waals surface area contributed by atoms with Crippen LogP contribution in [0.25, 0.3) is 16.8 Å². The molecule has 0 atom stereocenters. The lowest BCUT2D eigenvalue weighted by molar-refractivity contribution is 1.43. The summed E-state index contributed by atoms with van der Waals surface area (Å²) in [6, 6.07) is 14.8. The van der Waals surface area contributed by atoms with Gasteiger partial charge in [-0.05, 0) is 29.3 Å². The van der Waals surface area contributed by atoms with Crippen molar-refractivity contribution in [1.29, 1.82) is 0 Å². The number of benzene rings is 2. The van der Waals surface area contributed by atoms with E-state index in [1.54, 1.807) is 0 Å². The molecule has 2 rings (SSSR count). The SMILES string of the molecule is C/C(=C/c1ccc2ccccc2c1)CCl. The van der Waals surface area contributed by atoms with Crippen molar-refractivity contribution in [2.24, 2.45) is 0 Å². The zero-order chi connectivity index (χ0) is 10.7. The molecule has 2 aromatic carbocycles. The van der Waals surface area contributed by atoms with E-state index in [0.717, 1.165) is 0 Å². The normalized spacial score (nSPS) is 12.0. The summed E-state index contributed by atoms with van der Waals surface area (Å²) in [6.45, 7) is 2.04. The van der Waals surface area contributed by atoms with Crippen molar-refractivity contribution in [1.82, 2.24) is 0 Å². The fourth-order valence-electron chi connectivity index (χ4n) is 1.62. The van der Waals surface area contributed by atoms with E-state index in [4.69, 9.17) is 11.6 Å². The van der Waals surface area contributed by atoms with Crippen molar-refractivity contribution in [3.05, 3.63) is 53.6 Å². The van der Waals surface area contributed by atoms with Crippen LogP contribution in [0.4, 0.5) is 0 Å². The highest BCUT2D eigenvalue weighted by atomic mass is 35.5. The molecule has 1 heteroatoms. The maximum absolute atomic E-state index is 5.75. The van der Waals surface area contributed by atoms with Crippen LogP contribution in [0.2, 0.25) is 0 Å². The molecule has 0 saturated carbocycles. The van der Waals surface area contributed by atoms with Crippen molar-refractivity contribution < 1.29 is 0 Å². The molecule has 0 fully saturated rings. The summed E-state index contributed by atoms with van der Waals surface area (Å²) >= 11 is 5.75. The smallest absolute Gasteiger partial charge is 0.0434 e. The molecule has 0 bridgehead atoms. The van der Waals surface area contributed by atoms with E-state index < -0.39 is 0 Å². The standard InChI is InChI=1S/C14H13Cl/c1-11(10-15)8-12-6-7-13-4-2-3-5-14(13)9-12/h2-9H,10H2,1H3/b11-8-. The van der Waals surface area contributed by atoms with Gasteiger partial charge in [0.15, 0.2) is 0 Å². The molecule has 0 aliphatic heterocycles. The summed E-state index contributed by atoms with van der Waals surface area (Å²) in [7, 11) is 0. The predicted octanol–water partition coefficient (Wildman–Crippen LogP) is 4.48. The number of fused-ring (bicyclic) bond motifs is 1. The zero-order valence-corrected chi connectivity index (χ0v) is 9.46. The highest BCUT2D eigenvalue weighted by molar-refractivity contribution is 6.19. The maximum atomic E-state index is 5.75. The lowest BCUT2D eigenvalue weighted by Crippen LogP contribution is -1.79. The molecule has 0 aliphatic carbocycles. The first kappa shape index (κ1) is 10.3. The Morgan fingerprint density at radius 3 is 2.60 bits per heavy atom. The summed E-state index contributed by atoms with van der Waals surface area (Å²) < 4.78 is 0. The Kier molecular flexibility index (Phi) is 3.08. The second kappa shape index (κ2) is 4.50. The second-order valence-corrected chi connectivity index (χ2v) is 4.00. The third-order valence-electron chi connectivity index (χ3n) is 2.40. The molecular formula is C14H13Cl. The zero-order valence-electron chi connectivity index (χ0n) is 8.70. The molecule has 0 saturated heterocycles. The molecule has 0 N–H and O–H groups in total. The first-order chi connectivity index (χ1) is 7.29. The van der Waals surface area contributed by atoms with Gasteiger partial charge >= 0.3 is 0 Å². The van der Waals surface area contributed by atoms with Gasteiger partial charge in [-0.25, -0.2) is 0 Å². The number of allylic oxidation sites excluding steroid dienone is 1. The van der Waals surface area contributed by atoms with Gasteiger partial charge in [0.1, 0.15) is 0 Å². The first-order valence-corrected chi connectivity index (χ1v) is 5.55. The van der Waals surface area contributed by atoms with Crippen molar-refractivity contribution in [2.45, 2.75) is 6.92 Å². The fourth-order valence-corrected chi connectivity index (χ4v) is 1.70. The molecule has 15 heavy (non-hydrogen) atoms. The Hall–Kier alpha value is -1.27. The van der Waals surface area contributed by atoms with Gasteiger partial charge in [-0.3, -0.25) is 0 Å². The minimum absolute atomic E-state index is 0.590. The van der Waals surface area contributed by atoms with Crippen molar-refractivity contribution in [3.63, 3.8) is 0 Å². The Labute approximate surface area is 95.2 Å². The Morgan fingerprint density at radius 1 is 1.13 bits per heavy atom.